The van der Waals surface area contributed by atoms with Crippen molar-refractivity contribution >= 4 is 34.0 Å². The van der Waals surface area contributed by atoms with E-state index in [2.05, 4.69) is 30.1 Å². The van der Waals surface area contributed by atoms with Gasteiger partial charge in [-0.1, -0.05) is 36.9 Å². The van der Waals surface area contributed by atoms with Crippen LogP contribution >= 0.6 is 23.1 Å². The number of carbonyl (C=O) groups is 1. The van der Waals surface area contributed by atoms with E-state index < -0.39 is 5.92 Å². The van der Waals surface area contributed by atoms with Gasteiger partial charge in [0.05, 0.1) is 17.6 Å². The van der Waals surface area contributed by atoms with Crippen molar-refractivity contribution in [1.29, 1.82) is 5.26 Å². The average Bonchev–Trinajstić information content (AvgIpc) is 3.28. The zero-order valence-corrected chi connectivity index (χ0v) is 18.3. The summed E-state index contributed by atoms with van der Waals surface area (Å²) in [6.45, 7) is 5.96. The minimum absolute atomic E-state index is 0.00941. The Morgan fingerprint density at radius 3 is 2.72 bits per heavy atom. The van der Waals surface area contributed by atoms with Crippen LogP contribution < -0.4 is 10.6 Å². The van der Waals surface area contributed by atoms with Crippen molar-refractivity contribution in [3.63, 3.8) is 0 Å². The standard InChI is InChI=1S/C20H21N5O2S2/c1-10-5-6-14(27-10)15-11(9-21)17(22)25(18-23-24-19(28-4)29-18)12-7-20(2,3)8-13(26)16(12)15/h5-6,15H,7-8,22H2,1-4H3. The summed E-state index contributed by atoms with van der Waals surface area (Å²) in [5, 5.41) is 19.0. The second kappa shape index (κ2) is 7.04. The number of hydrogen-bond acceptors (Lipinski definition) is 9. The quantitative estimate of drug-likeness (QED) is 0.729. The van der Waals surface area contributed by atoms with Gasteiger partial charge < -0.3 is 10.2 Å². The third kappa shape index (κ3) is 3.26. The Morgan fingerprint density at radius 1 is 1.38 bits per heavy atom. The topological polar surface area (TPSA) is 109 Å². The lowest BCUT2D eigenvalue weighted by Gasteiger charge is -2.42. The minimum atomic E-state index is -0.600. The molecule has 4 rings (SSSR count). The Labute approximate surface area is 177 Å². The molecule has 2 N–H and O–H groups in total. The molecule has 0 amide bonds. The molecule has 2 aliphatic rings. The molecule has 2 aromatic rings. The van der Waals surface area contributed by atoms with E-state index in [1.54, 1.807) is 4.90 Å². The van der Waals surface area contributed by atoms with Crippen LogP contribution in [0.3, 0.4) is 0 Å². The molecule has 1 aliphatic carbocycles. The molecule has 3 heterocycles. The van der Waals surface area contributed by atoms with Gasteiger partial charge in [-0.05, 0) is 37.1 Å². The summed E-state index contributed by atoms with van der Waals surface area (Å²) >= 11 is 2.88. The fraction of sp³-hybridized carbons (Fsp3) is 0.400. The number of carbonyl (C=O) groups excluding carboxylic acids is 1. The molecule has 7 nitrogen and oxygen atoms in total. The maximum atomic E-state index is 13.3. The molecule has 2 aromatic heterocycles. The summed E-state index contributed by atoms with van der Waals surface area (Å²) in [5.41, 5.74) is 7.95. The lowest BCUT2D eigenvalue weighted by atomic mass is 9.69. The number of furan rings is 1. The molecule has 9 heteroatoms. The Morgan fingerprint density at radius 2 is 2.14 bits per heavy atom. The molecule has 150 valence electrons. The van der Waals surface area contributed by atoms with Crippen LogP contribution in [0.5, 0.6) is 0 Å². The van der Waals surface area contributed by atoms with Gasteiger partial charge in [-0.2, -0.15) is 5.26 Å². The van der Waals surface area contributed by atoms with Gasteiger partial charge in [0.25, 0.3) is 0 Å². The zero-order chi connectivity index (χ0) is 20.9. The summed E-state index contributed by atoms with van der Waals surface area (Å²) in [6, 6.07) is 5.87. The normalized spacial score (nSPS) is 21.4. The molecule has 0 saturated heterocycles. The van der Waals surface area contributed by atoms with Gasteiger partial charge >= 0.3 is 0 Å². The first kappa shape index (κ1) is 19.7. The van der Waals surface area contributed by atoms with E-state index in [9.17, 15) is 10.1 Å². The predicted molar refractivity (Wildman–Crippen MR) is 112 cm³/mol. The van der Waals surface area contributed by atoms with Crippen molar-refractivity contribution in [3.8, 4) is 6.07 Å². The van der Waals surface area contributed by atoms with Crippen LogP contribution in [-0.2, 0) is 4.79 Å². The van der Waals surface area contributed by atoms with Crippen LogP contribution in [0.1, 0.15) is 44.1 Å². The van der Waals surface area contributed by atoms with Crippen LogP contribution in [0.25, 0.3) is 0 Å². The average molecular weight is 428 g/mol. The first-order valence-corrected chi connectivity index (χ1v) is 11.2. The van der Waals surface area contributed by atoms with E-state index in [-0.39, 0.29) is 17.0 Å². The summed E-state index contributed by atoms with van der Waals surface area (Å²) in [6.07, 6.45) is 2.96. The van der Waals surface area contributed by atoms with E-state index in [0.717, 1.165) is 15.8 Å². The van der Waals surface area contributed by atoms with Crippen molar-refractivity contribution in [1.82, 2.24) is 10.2 Å². The van der Waals surface area contributed by atoms with E-state index >= 15 is 0 Å². The van der Waals surface area contributed by atoms with Crippen molar-refractivity contribution in [3.05, 3.63) is 46.3 Å². The molecule has 0 radical (unpaired) electrons. The zero-order valence-electron chi connectivity index (χ0n) is 16.6. The summed E-state index contributed by atoms with van der Waals surface area (Å²) in [4.78, 5) is 15.1. The lowest BCUT2D eigenvalue weighted by molar-refractivity contribution is -0.118. The molecule has 0 saturated carbocycles. The molecular formula is C20H21N5O2S2. The van der Waals surface area contributed by atoms with Gasteiger partial charge in [-0.25, -0.2) is 0 Å². The maximum absolute atomic E-state index is 13.3. The number of aromatic nitrogens is 2. The minimum Gasteiger partial charge on any atom is -0.465 e. The summed E-state index contributed by atoms with van der Waals surface area (Å²) in [7, 11) is 0. The van der Waals surface area contributed by atoms with Crippen LogP contribution in [0.2, 0.25) is 0 Å². The molecule has 1 atom stereocenters. The number of rotatable bonds is 3. The van der Waals surface area contributed by atoms with Gasteiger partial charge in [-0.15, -0.1) is 10.2 Å². The number of Topliss-reactive ketones (excluding diaryl/α,β-unsaturated/α-hetero) is 1. The Bertz CT molecular complexity index is 1100. The number of aryl methyl sites for hydroxylation is 1. The molecular weight excluding hydrogens is 406 g/mol. The monoisotopic (exact) mass is 427 g/mol. The summed E-state index contributed by atoms with van der Waals surface area (Å²) < 4.78 is 6.63. The Hall–Kier alpha value is -2.57. The van der Waals surface area contributed by atoms with Crippen LogP contribution in [-0.4, -0.2) is 22.2 Å². The number of allylic oxidation sites excluding steroid dienone is 3. The molecule has 0 bridgehead atoms. The number of thioether (sulfide) groups is 1. The van der Waals surface area contributed by atoms with Gasteiger partial charge in [0.2, 0.25) is 5.13 Å². The maximum Gasteiger partial charge on any atom is 0.219 e. The highest BCUT2D eigenvalue weighted by Crippen LogP contribution is 2.50. The SMILES string of the molecule is CSc1nnc(N2C(N)=C(C#N)C(c3ccc(C)o3)C3=C2CC(C)(C)CC3=O)s1. The lowest BCUT2D eigenvalue weighted by Crippen LogP contribution is -2.42. The third-order valence-corrected chi connectivity index (χ3v) is 7.07. The summed E-state index contributed by atoms with van der Waals surface area (Å²) in [5.74, 6) is 0.966. The number of nitriles is 1. The fourth-order valence-electron chi connectivity index (χ4n) is 4.00. The largest absolute Gasteiger partial charge is 0.465 e. The fourth-order valence-corrected chi connectivity index (χ4v) is 5.29. The smallest absolute Gasteiger partial charge is 0.219 e. The van der Waals surface area contributed by atoms with E-state index in [1.807, 2.05) is 25.3 Å². The van der Waals surface area contributed by atoms with Crippen molar-refractivity contribution in [2.75, 3.05) is 11.2 Å². The number of anilines is 1. The highest BCUT2D eigenvalue weighted by molar-refractivity contribution is 8.00. The van der Waals surface area contributed by atoms with E-state index in [4.69, 9.17) is 10.2 Å². The number of hydrogen-bond donors (Lipinski definition) is 1. The van der Waals surface area contributed by atoms with Crippen molar-refractivity contribution in [2.45, 2.75) is 43.9 Å². The number of nitrogens with two attached hydrogens (primary N) is 1. The highest BCUT2D eigenvalue weighted by atomic mass is 32.2. The van der Waals surface area contributed by atoms with Gasteiger partial charge in [0.15, 0.2) is 10.1 Å². The van der Waals surface area contributed by atoms with Crippen LogP contribution in [0.4, 0.5) is 5.13 Å². The second-order valence-electron chi connectivity index (χ2n) is 7.98. The van der Waals surface area contributed by atoms with Gasteiger partial charge in [0, 0.05) is 17.7 Å². The molecule has 29 heavy (non-hydrogen) atoms. The van der Waals surface area contributed by atoms with E-state index in [1.165, 1.54) is 23.1 Å². The number of nitrogens with zero attached hydrogens (tertiary/aromatic N) is 4. The second-order valence-corrected chi connectivity index (χ2v) is 9.99. The van der Waals surface area contributed by atoms with Crippen LogP contribution in [0.15, 0.2) is 43.6 Å². The first-order valence-electron chi connectivity index (χ1n) is 9.15. The van der Waals surface area contributed by atoms with E-state index in [0.29, 0.717) is 34.9 Å². The Kier molecular flexibility index (Phi) is 4.79. The molecule has 1 unspecified atom stereocenters. The molecule has 0 fully saturated rings. The van der Waals surface area contributed by atoms with Gasteiger partial charge in [-0.3, -0.25) is 9.69 Å². The highest BCUT2D eigenvalue weighted by Gasteiger charge is 2.46. The van der Waals surface area contributed by atoms with Gasteiger partial charge in [0.1, 0.15) is 17.3 Å². The Balaban J connectivity index is 1.97. The predicted octanol–water partition coefficient (Wildman–Crippen LogP) is 4.10. The van der Waals surface area contributed by atoms with Crippen LogP contribution in [0, 0.1) is 23.7 Å². The van der Waals surface area contributed by atoms with Crippen molar-refractivity contribution in [2.24, 2.45) is 11.1 Å². The molecule has 0 spiro atoms. The van der Waals surface area contributed by atoms with Crippen molar-refractivity contribution < 1.29 is 9.21 Å². The molecule has 1 aliphatic heterocycles. The molecule has 0 aromatic carbocycles. The third-order valence-electron chi connectivity index (χ3n) is 5.19. The number of ketones is 1. The first-order chi connectivity index (χ1) is 13.8.